The maximum absolute atomic E-state index is 13.0. The number of likely N-dealkylation sites (tertiary alicyclic amines) is 2. The summed E-state index contributed by atoms with van der Waals surface area (Å²) in [4.78, 5) is 28.6. The van der Waals surface area contributed by atoms with Gasteiger partial charge in [-0.05, 0) is 50.6 Å². The van der Waals surface area contributed by atoms with Crippen molar-refractivity contribution < 1.29 is 14.3 Å². The van der Waals surface area contributed by atoms with Crippen molar-refractivity contribution in [3.05, 3.63) is 35.4 Å². The number of nitrogens with two attached hydrogens (primary N) is 1. The maximum Gasteiger partial charge on any atom is 0.254 e. The van der Waals surface area contributed by atoms with Crippen LogP contribution in [-0.4, -0.2) is 67.0 Å². The molecule has 1 aromatic carbocycles. The molecule has 6 nitrogen and oxygen atoms in total. The number of hydrogen-bond donors (Lipinski definition) is 1. The molecule has 2 aliphatic heterocycles. The summed E-state index contributed by atoms with van der Waals surface area (Å²) >= 11 is 0. The molecule has 0 aliphatic carbocycles. The molecule has 2 heterocycles. The van der Waals surface area contributed by atoms with Crippen molar-refractivity contribution in [1.82, 2.24) is 9.80 Å². The van der Waals surface area contributed by atoms with Crippen LogP contribution in [0.4, 0.5) is 0 Å². The highest BCUT2D eigenvalue weighted by atomic mass is 16.5. The third-order valence-corrected chi connectivity index (χ3v) is 5.03. The molecule has 1 aromatic rings. The van der Waals surface area contributed by atoms with Crippen LogP contribution in [0.15, 0.2) is 24.3 Å². The molecule has 0 bridgehead atoms. The maximum atomic E-state index is 13.0. The average Bonchev–Trinajstić information content (AvgIpc) is 3.24. The van der Waals surface area contributed by atoms with E-state index in [-0.39, 0.29) is 18.1 Å². The lowest BCUT2D eigenvalue weighted by Gasteiger charge is -2.28. The topological polar surface area (TPSA) is 75.9 Å². The van der Waals surface area contributed by atoms with Gasteiger partial charge in [-0.3, -0.25) is 9.59 Å². The molecule has 130 valence electrons. The number of carbonyl (C=O) groups is 2. The first kappa shape index (κ1) is 16.9. The molecular weight excluding hydrogens is 306 g/mol. The molecule has 2 amide bonds. The summed E-state index contributed by atoms with van der Waals surface area (Å²) in [6.07, 6.45) is 3.39. The average molecular weight is 331 g/mol. The lowest BCUT2D eigenvalue weighted by Crippen LogP contribution is -2.42. The molecule has 2 N–H and O–H groups in total. The lowest BCUT2D eigenvalue weighted by atomic mass is 10.1. The summed E-state index contributed by atoms with van der Waals surface area (Å²) in [5.41, 5.74) is 6.19. The number of methoxy groups -OCH3 is 1. The fraction of sp³-hybridized carbons (Fsp3) is 0.556. The summed E-state index contributed by atoms with van der Waals surface area (Å²) in [7, 11) is 1.69. The molecule has 0 saturated carbocycles. The standard InChI is InChI=1S/C18H25N3O3/c1-24-16-10-15(11-20-7-2-3-8-20)21(12-16)18(23)14-6-4-5-13(9-14)17(19)22/h4-6,9,15-16H,2-3,7-8,10-12H2,1H3,(H2,19,22)/t15-,16-/m0/s1. The molecule has 2 aliphatic rings. The zero-order valence-electron chi connectivity index (χ0n) is 14.1. The van der Waals surface area contributed by atoms with E-state index in [0.717, 1.165) is 26.1 Å². The molecule has 2 fully saturated rings. The third kappa shape index (κ3) is 3.60. The van der Waals surface area contributed by atoms with E-state index in [1.807, 2.05) is 4.90 Å². The van der Waals surface area contributed by atoms with Crippen molar-refractivity contribution in [3.8, 4) is 0 Å². The molecule has 3 rings (SSSR count). The van der Waals surface area contributed by atoms with Crippen LogP contribution in [0.3, 0.4) is 0 Å². The third-order valence-electron chi connectivity index (χ3n) is 5.03. The Hall–Kier alpha value is -1.92. The van der Waals surface area contributed by atoms with Gasteiger partial charge >= 0.3 is 0 Å². The second-order valence-corrected chi connectivity index (χ2v) is 6.66. The molecule has 2 saturated heterocycles. The van der Waals surface area contributed by atoms with Crippen molar-refractivity contribution in [1.29, 1.82) is 0 Å². The smallest absolute Gasteiger partial charge is 0.254 e. The van der Waals surface area contributed by atoms with Crippen LogP contribution in [0.5, 0.6) is 0 Å². The minimum absolute atomic E-state index is 0.0538. The molecular formula is C18H25N3O3. The van der Waals surface area contributed by atoms with Gasteiger partial charge in [-0.25, -0.2) is 0 Å². The molecule has 0 aromatic heterocycles. The van der Waals surface area contributed by atoms with E-state index in [4.69, 9.17) is 10.5 Å². The number of rotatable bonds is 5. The van der Waals surface area contributed by atoms with Crippen molar-refractivity contribution in [2.24, 2.45) is 5.73 Å². The minimum atomic E-state index is -0.519. The Morgan fingerprint density at radius 2 is 1.96 bits per heavy atom. The van der Waals surface area contributed by atoms with Crippen molar-refractivity contribution in [2.75, 3.05) is 33.3 Å². The quantitative estimate of drug-likeness (QED) is 0.877. The number of amides is 2. The van der Waals surface area contributed by atoms with Crippen molar-refractivity contribution >= 4 is 11.8 Å². The van der Waals surface area contributed by atoms with E-state index < -0.39 is 5.91 Å². The molecule has 24 heavy (non-hydrogen) atoms. The zero-order valence-corrected chi connectivity index (χ0v) is 14.1. The van der Waals surface area contributed by atoms with Crippen LogP contribution in [0.1, 0.15) is 40.0 Å². The molecule has 0 radical (unpaired) electrons. The number of ether oxygens (including phenoxy) is 1. The van der Waals surface area contributed by atoms with Gasteiger partial charge < -0.3 is 20.3 Å². The summed E-state index contributed by atoms with van der Waals surface area (Å²) in [5, 5.41) is 0. The zero-order chi connectivity index (χ0) is 17.1. The second-order valence-electron chi connectivity index (χ2n) is 6.66. The Morgan fingerprint density at radius 3 is 2.62 bits per heavy atom. The van der Waals surface area contributed by atoms with Gasteiger partial charge in [0, 0.05) is 37.4 Å². The van der Waals surface area contributed by atoms with E-state index in [9.17, 15) is 9.59 Å². The Bertz CT molecular complexity index is 613. The second kappa shape index (κ2) is 7.32. The van der Waals surface area contributed by atoms with Gasteiger partial charge in [-0.2, -0.15) is 0 Å². The van der Waals surface area contributed by atoms with Crippen molar-refractivity contribution in [3.63, 3.8) is 0 Å². The first-order chi connectivity index (χ1) is 11.6. The van der Waals surface area contributed by atoms with Crippen LogP contribution < -0.4 is 5.73 Å². The van der Waals surface area contributed by atoms with Gasteiger partial charge in [0.2, 0.25) is 5.91 Å². The van der Waals surface area contributed by atoms with Crippen molar-refractivity contribution in [2.45, 2.75) is 31.4 Å². The Kier molecular flexibility index (Phi) is 5.16. The summed E-state index contributed by atoms with van der Waals surface area (Å²) in [5.74, 6) is -0.573. The minimum Gasteiger partial charge on any atom is -0.380 e. The summed E-state index contributed by atoms with van der Waals surface area (Å²) in [6, 6.07) is 6.80. The van der Waals surface area contributed by atoms with E-state index in [2.05, 4.69) is 4.90 Å². The highest BCUT2D eigenvalue weighted by molar-refractivity contribution is 5.99. The van der Waals surface area contributed by atoms with E-state index in [1.54, 1.807) is 31.4 Å². The Labute approximate surface area is 142 Å². The lowest BCUT2D eigenvalue weighted by molar-refractivity contribution is 0.0670. The van der Waals surface area contributed by atoms with Crippen LogP contribution in [-0.2, 0) is 4.74 Å². The van der Waals surface area contributed by atoms with Crippen LogP contribution in [0.25, 0.3) is 0 Å². The van der Waals surface area contributed by atoms with Crippen LogP contribution in [0, 0.1) is 0 Å². The van der Waals surface area contributed by atoms with Crippen LogP contribution in [0.2, 0.25) is 0 Å². The van der Waals surface area contributed by atoms with Gasteiger partial charge in [-0.1, -0.05) is 6.07 Å². The van der Waals surface area contributed by atoms with E-state index in [1.165, 1.54) is 12.8 Å². The number of carbonyl (C=O) groups excluding carboxylic acids is 2. The summed E-state index contributed by atoms with van der Waals surface area (Å²) in [6.45, 7) is 3.69. The number of primary amides is 1. The normalized spacial score (nSPS) is 24.5. The van der Waals surface area contributed by atoms with Gasteiger partial charge in [-0.15, -0.1) is 0 Å². The fourth-order valence-corrected chi connectivity index (χ4v) is 3.70. The molecule has 0 spiro atoms. The van der Waals surface area contributed by atoms with Gasteiger partial charge in [0.25, 0.3) is 5.91 Å². The number of benzene rings is 1. The van der Waals surface area contributed by atoms with Gasteiger partial charge in [0.05, 0.1) is 6.10 Å². The number of nitrogens with zero attached hydrogens (tertiary/aromatic N) is 2. The Morgan fingerprint density at radius 1 is 1.25 bits per heavy atom. The molecule has 2 atom stereocenters. The molecule has 6 heteroatoms. The number of hydrogen-bond acceptors (Lipinski definition) is 4. The SMILES string of the molecule is CO[C@H]1C[C@@H](CN2CCCC2)N(C(=O)c2cccc(C(N)=O)c2)C1. The highest BCUT2D eigenvalue weighted by Crippen LogP contribution is 2.24. The summed E-state index contributed by atoms with van der Waals surface area (Å²) < 4.78 is 5.50. The van der Waals surface area contributed by atoms with E-state index >= 15 is 0 Å². The predicted octanol–water partition coefficient (Wildman–Crippen LogP) is 1.11. The van der Waals surface area contributed by atoms with Gasteiger partial charge in [0.1, 0.15) is 0 Å². The van der Waals surface area contributed by atoms with E-state index in [0.29, 0.717) is 17.7 Å². The fourth-order valence-electron chi connectivity index (χ4n) is 3.70. The predicted molar refractivity (Wildman–Crippen MR) is 90.9 cm³/mol. The largest absolute Gasteiger partial charge is 0.380 e. The highest BCUT2D eigenvalue weighted by Gasteiger charge is 2.37. The first-order valence-electron chi connectivity index (χ1n) is 8.54. The Balaban J connectivity index is 1.77. The van der Waals surface area contributed by atoms with Gasteiger partial charge in [0.15, 0.2) is 0 Å². The monoisotopic (exact) mass is 331 g/mol. The van der Waals surface area contributed by atoms with Crippen LogP contribution >= 0.6 is 0 Å². The first-order valence-corrected chi connectivity index (χ1v) is 8.54. The molecule has 0 unspecified atom stereocenters.